The van der Waals surface area contributed by atoms with Gasteiger partial charge in [-0.25, -0.2) is 14.4 Å². The van der Waals surface area contributed by atoms with Crippen molar-refractivity contribution in [1.29, 1.82) is 0 Å². The molecule has 3 heterocycles. The van der Waals surface area contributed by atoms with E-state index in [0.717, 1.165) is 11.4 Å². The maximum absolute atomic E-state index is 14.2. The van der Waals surface area contributed by atoms with Crippen LogP contribution in [0, 0.1) is 26.6 Å². The first-order valence-corrected chi connectivity index (χ1v) is 7.91. The summed E-state index contributed by atoms with van der Waals surface area (Å²) in [6.07, 6.45) is 1.37. The predicted molar refractivity (Wildman–Crippen MR) is 87.5 cm³/mol. The van der Waals surface area contributed by atoms with Crippen molar-refractivity contribution in [2.45, 2.75) is 20.8 Å². The van der Waals surface area contributed by atoms with Gasteiger partial charge in [-0.05, 0) is 20.8 Å². The molecule has 8 heteroatoms. The number of amides is 1. The summed E-state index contributed by atoms with van der Waals surface area (Å²) in [5.41, 5.74) is 2.59. The van der Waals surface area contributed by atoms with Gasteiger partial charge < -0.3 is 9.80 Å². The highest BCUT2D eigenvalue weighted by atomic mass is 19.1. The van der Waals surface area contributed by atoms with E-state index in [0.29, 0.717) is 43.3 Å². The molecule has 0 bridgehead atoms. The molecule has 0 unspecified atom stereocenters. The summed E-state index contributed by atoms with van der Waals surface area (Å²) in [5.74, 6) is -0.100. The average Bonchev–Trinajstić information content (AvgIpc) is 2.82. The molecule has 0 saturated carbocycles. The highest BCUT2D eigenvalue weighted by molar-refractivity contribution is 5.96. The van der Waals surface area contributed by atoms with Gasteiger partial charge in [-0.2, -0.15) is 5.10 Å². The summed E-state index contributed by atoms with van der Waals surface area (Å²) in [4.78, 5) is 24.3. The molecule has 3 rings (SSSR count). The average molecular weight is 332 g/mol. The number of anilines is 1. The number of hydrogen-bond donors (Lipinski definition) is 0. The number of halogens is 1. The van der Waals surface area contributed by atoms with Gasteiger partial charge in [-0.3, -0.25) is 9.48 Å². The van der Waals surface area contributed by atoms with Gasteiger partial charge in [0.2, 0.25) is 0 Å². The molecule has 1 aliphatic heterocycles. The van der Waals surface area contributed by atoms with Crippen LogP contribution in [-0.4, -0.2) is 56.7 Å². The Labute approximate surface area is 140 Å². The molecule has 2 aromatic rings. The van der Waals surface area contributed by atoms with Gasteiger partial charge in [0.25, 0.3) is 5.91 Å². The Morgan fingerprint density at radius 3 is 2.33 bits per heavy atom. The molecule has 0 aromatic carbocycles. The van der Waals surface area contributed by atoms with Crippen LogP contribution in [0.15, 0.2) is 6.33 Å². The van der Waals surface area contributed by atoms with Crippen molar-refractivity contribution in [3.05, 3.63) is 34.8 Å². The van der Waals surface area contributed by atoms with Crippen molar-refractivity contribution in [3.8, 4) is 0 Å². The van der Waals surface area contributed by atoms with Crippen molar-refractivity contribution in [2.75, 3.05) is 31.1 Å². The number of aryl methyl sites for hydroxylation is 3. The smallest absolute Gasteiger partial charge is 0.257 e. The van der Waals surface area contributed by atoms with E-state index in [2.05, 4.69) is 15.1 Å². The fourth-order valence-electron chi connectivity index (χ4n) is 3.03. The molecule has 2 aromatic heterocycles. The maximum atomic E-state index is 14.2. The second-order valence-corrected chi connectivity index (χ2v) is 6.05. The van der Waals surface area contributed by atoms with E-state index in [1.54, 1.807) is 16.5 Å². The van der Waals surface area contributed by atoms with Gasteiger partial charge in [0.15, 0.2) is 11.6 Å². The zero-order valence-electron chi connectivity index (χ0n) is 14.4. The Morgan fingerprint density at radius 1 is 1.08 bits per heavy atom. The van der Waals surface area contributed by atoms with Crippen LogP contribution >= 0.6 is 0 Å². The summed E-state index contributed by atoms with van der Waals surface area (Å²) in [6.45, 7) is 7.48. The van der Waals surface area contributed by atoms with Crippen LogP contribution in [0.5, 0.6) is 0 Å². The number of rotatable bonds is 2. The normalized spacial score (nSPS) is 15.0. The van der Waals surface area contributed by atoms with E-state index in [-0.39, 0.29) is 5.91 Å². The Kier molecular flexibility index (Phi) is 4.21. The molecule has 0 aliphatic carbocycles. The molecule has 24 heavy (non-hydrogen) atoms. The molecule has 0 spiro atoms. The first kappa shape index (κ1) is 16.4. The fourth-order valence-corrected chi connectivity index (χ4v) is 3.03. The lowest BCUT2D eigenvalue weighted by Crippen LogP contribution is -2.49. The molecule has 1 amide bonds. The summed E-state index contributed by atoms with van der Waals surface area (Å²) in [5, 5.41) is 4.30. The second-order valence-electron chi connectivity index (χ2n) is 6.05. The van der Waals surface area contributed by atoms with Crippen LogP contribution in [0.25, 0.3) is 0 Å². The van der Waals surface area contributed by atoms with E-state index in [1.165, 1.54) is 6.33 Å². The Hall–Kier alpha value is -2.51. The predicted octanol–water partition coefficient (Wildman–Crippen LogP) is 1.24. The monoisotopic (exact) mass is 332 g/mol. The van der Waals surface area contributed by atoms with Crippen LogP contribution in [0.2, 0.25) is 0 Å². The third-order valence-corrected chi connectivity index (χ3v) is 4.53. The molecular weight excluding hydrogens is 311 g/mol. The lowest BCUT2D eigenvalue weighted by molar-refractivity contribution is 0.0744. The fraction of sp³-hybridized carbons (Fsp3) is 0.500. The van der Waals surface area contributed by atoms with Gasteiger partial charge in [0.05, 0.1) is 17.0 Å². The van der Waals surface area contributed by atoms with Crippen molar-refractivity contribution < 1.29 is 9.18 Å². The second kappa shape index (κ2) is 6.18. The number of hydrogen-bond acceptors (Lipinski definition) is 5. The summed E-state index contributed by atoms with van der Waals surface area (Å²) < 4.78 is 15.9. The van der Waals surface area contributed by atoms with Crippen LogP contribution in [0.4, 0.5) is 10.2 Å². The summed E-state index contributed by atoms with van der Waals surface area (Å²) in [6, 6.07) is 0. The lowest BCUT2D eigenvalue weighted by Gasteiger charge is -2.35. The first-order chi connectivity index (χ1) is 11.4. The minimum atomic E-state index is -0.392. The molecular formula is C16H21FN6O. The molecule has 0 atom stereocenters. The lowest BCUT2D eigenvalue weighted by atomic mass is 10.1. The van der Waals surface area contributed by atoms with Crippen molar-refractivity contribution in [3.63, 3.8) is 0 Å². The Morgan fingerprint density at radius 2 is 1.75 bits per heavy atom. The minimum Gasteiger partial charge on any atom is -0.351 e. The van der Waals surface area contributed by atoms with Crippen LogP contribution in [-0.2, 0) is 7.05 Å². The third kappa shape index (κ3) is 2.72. The van der Waals surface area contributed by atoms with Gasteiger partial charge in [-0.1, -0.05) is 0 Å². The van der Waals surface area contributed by atoms with Gasteiger partial charge in [-0.15, -0.1) is 0 Å². The van der Waals surface area contributed by atoms with E-state index in [9.17, 15) is 9.18 Å². The number of carbonyl (C=O) groups excluding carboxylic acids is 1. The summed E-state index contributed by atoms with van der Waals surface area (Å²) in [7, 11) is 1.83. The topological polar surface area (TPSA) is 67.2 Å². The Bertz CT molecular complexity index is 779. The zero-order valence-corrected chi connectivity index (χ0v) is 14.4. The van der Waals surface area contributed by atoms with Crippen LogP contribution in [0.3, 0.4) is 0 Å². The maximum Gasteiger partial charge on any atom is 0.257 e. The van der Waals surface area contributed by atoms with Crippen molar-refractivity contribution in [1.82, 2.24) is 24.6 Å². The molecule has 0 radical (unpaired) electrons. The quantitative estimate of drug-likeness (QED) is 0.828. The first-order valence-electron chi connectivity index (χ1n) is 7.91. The SMILES string of the molecule is Cc1ncnc(N2CCN(C(=O)c3c(C)nn(C)c3C)CC2)c1F. The molecule has 1 fully saturated rings. The number of carbonyl (C=O) groups is 1. The van der Waals surface area contributed by atoms with E-state index < -0.39 is 5.82 Å². The summed E-state index contributed by atoms with van der Waals surface area (Å²) >= 11 is 0. The Balaban J connectivity index is 1.73. The number of aromatic nitrogens is 4. The largest absolute Gasteiger partial charge is 0.351 e. The van der Waals surface area contributed by atoms with Crippen LogP contribution < -0.4 is 4.90 Å². The van der Waals surface area contributed by atoms with E-state index in [4.69, 9.17) is 0 Å². The van der Waals surface area contributed by atoms with E-state index in [1.807, 2.05) is 25.8 Å². The van der Waals surface area contributed by atoms with E-state index >= 15 is 0 Å². The third-order valence-electron chi connectivity index (χ3n) is 4.53. The molecule has 128 valence electrons. The van der Waals surface area contributed by atoms with Crippen molar-refractivity contribution >= 4 is 11.7 Å². The molecule has 7 nitrogen and oxygen atoms in total. The molecule has 0 N–H and O–H groups in total. The van der Waals surface area contributed by atoms with Crippen molar-refractivity contribution in [2.24, 2.45) is 7.05 Å². The van der Waals surface area contributed by atoms with Gasteiger partial charge in [0.1, 0.15) is 6.33 Å². The van der Waals surface area contributed by atoms with Gasteiger partial charge in [0, 0.05) is 38.9 Å². The number of piperazine rings is 1. The standard InChI is InChI=1S/C16H21FN6O/c1-10-13(12(3)21(4)20-10)16(24)23-7-5-22(6-8-23)15-14(17)11(2)18-9-19-15/h9H,5-8H2,1-4H3. The highest BCUT2D eigenvalue weighted by Gasteiger charge is 2.28. The molecule has 1 saturated heterocycles. The minimum absolute atomic E-state index is 0.0166. The van der Waals surface area contributed by atoms with Gasteiger partial charge >= 0.3 is 0 Å². The molecule has 1 aliphatic rings. The zero-order chi connectivity index (χ0) is 17.4. The van der Waals surface area contributed by atoms with Crippen LogP contribution in [0.1, 0.15) is 27.4 Å². The number of nitrogens with zero attached hydrogens (tertiary/aromatic N) is 6. The highest BCUT2D eigenvalue weighted by Crippen LogP contribution is 2.21.